The first-order valence-corrected chi connectivity index (χ1v) is 5.55. The van der Waals surface area contributed by atoms with Gasteiger partial charge in [0, 0.05) is 0 Å². The molecule has 1 N–H and O–H groups in total. The lowest BCUT2D eigenvalue weighted by molar-refractivity contribution is 0.0171. The number of carbonyl (C=O) groups is 1. The molecule has 1 aliphatic heterocycles. The Balaban J connectivity index is 2.59. The lowest BCUT2D eigenvalue weighted by Crippen LogP contribution is -2.42. The van der Waals surface area contributed by atoms with Crippen molar-refractivity contribution in [3.63, 3.8) is 0 Å². The molecule has 0 saturated carbocycles. The Hall–Kier alpha value is -0.810. The number of β-amino-alcohol motifs (C(OH)–C–C–N with tert-alkyl or cyclic N) is 1. The van der Waals surface area contributed by atoms with Crippen LogP contribution in [0.3, 0.4) is 0 Å². The van der Waals surface area contributed by atoms with Crippen LogP contribution < -0.4 is 0 Å². The van der Waals surface area contributed by atoms with Gasteiger partial charge >= 0.3 is 6.09 Å². The summed E-state index contributed by atoms with van der Waals surface area (Å²) in [6, 6.07) is 0. The van der Waals surface area contributed by atoms with E-state index in [4.69, 9.17) is 9.47 Å². The Morgan fingerprint density at radius 2 is 2.06 bits per heavy atom. The normalized spacial score (nSPS) is 27.4. The smallest absolute Gasteiger partial charge is 0.410 e. The van der Waals surface area contributed by atoms with Gasteiger partial charge in [-0.3, -0.25) is 0 Å². The molecule has 1 rings (SSSR count). The number of ether oxygens (including phenoxy) is 2. The quantitative estimate of drug-likeness (QED) is 0.675. The van der Waals surface area contributed by atoms with E-state index >= 15 is 0 Å². The van der Waals surface area contributed by atoms with Crippen LogP contribution in [-0.2, 0) is 9.47 Å². The van der Waals surface area contributed by atoms with Gasteiger partial charge in [-0.05, 0) is 27.7 Å². The number of aliphatic hydroxyl groups is 1. The molecule has 0 aromatic rings. The summed E-state index contributed by atoms with van der Waals surface area (Å²) in [6.45, 7) is 8.30. The van der Waals surface area contributed by atoms with Crippen molar-refractivity contribution < 1.29 is 19.4 Å². The maximum atomic E-state index is 11.8. The van der Waals surface area contributed by atoms with E-state index < -0.39 is 17.8 Å². The molecule has 0 aromatic heterocycles. The molecule has 0 unspecified atom stereocenters. The van der Waals surface area contributed by atoms with Crippen LogP contribution in [0.1, 0.15) is 27.7 Å². The summed E-state index contributed by atoms with van der Waals surface area (Å²) >= 11 is 0. The van der Waals surface area contributed by atoms with Gasteiger partial charge in [0.25, 0.3) is 0 Å². The molecule has 1 amide bonds. The molecule has 0 aliphatic carbocycles. The minimum Gasteiger partial charge on any atom is -0.444 e. The fourth-order valence-corrected chi connectivity index (χ4v) is 1.50. The predicted octanol–water partition coefficient (Wildman–Crippen LogP) is 1.00. The average Bonchev–Trinajstić information content (AvgIpc) is 2.25. The summed E-state index contributed by atoms with van der Waals surface area (Å²) in [5.41, 5.74) is -0.515. The van der Waals surface area contributed by atoms with Crippen molar-refractivity contribution in [3.8, 4) is 0 Å². The first-order valence-electron chi connectivity index (χ1n) is 5.55. The molecule has 16 heavy (non-hydrogen) atoms. The molecule has 0 bridgehead atoms. The molecule has 0 aromatic carbocycles. The molecule has 94 valence electrons. The number of nitrogens with zero attached hydrogens (tertiary/aromatic N) is 1. The Morgan fingerprint density at radius 3 is 2.62 bits per heavy atom. The number of aliphatic hydroxyl groups excluding tert-OH is 1. The van der Waals surface area contributed by atoms with Crippen LogP contribution in [-0.4, -0.2) is 53.6 Å². The van der Waals surface area contributed by atoms with Crippen molar-refractivity contribution in [3.05, 3.63) is 0 Å². The Bertz CT molecular complexity index is 237. The van der Waals surface area contributed by atoms with Crippen molar-refractivity contribution in [2.75, 3.05) is 19.7 Å². The first-order chi connectivity index (χ1) is 7.28. The highest BCUT2D eigenvalue weighted by atomic mass is 16.6. The van der Waals surface area contributed by atoms with E-state index in [1.54, 1.807) is 0 Å². The van der Waals surface area contributed by atoms with Gasteiger partial charge in [0.1, 0.15) is 5.60 Å². The maximum Gasteiger partial charge on any atom is 0.410 e. The highest BCUT2D eigenvalue weighted by Crippen LogP contribution is 2.13. The number of hydrogen-bond donors (Lipinski definition) is 1. The Kier molecular flexibility index (Phi) is 4.15. The maximum absolute atomic E-state index is 11.8. The van der Waals surface area contributed by atoms with Crippen molar-refractivity contribution in [2.45, 2.75) is 45.5 Å². The zero-order valence-electron chi connectivity index (χ0n) is 10.4. The van der Waals surface area contributed by atoms with Gasteiger partial charge in [0.15, 0.2) is 0 Å². The van der Waals surface area contributed by atoms with Crippen LogP contribution >= 0.6 is 0 Å². The molecule has 1 fully saturated rings. The minimum absolute atomic E-state index is 0.0790. The molecular weight excluding hydrogens is 210 g/mol. The fourth-order valence-electron chi connectivity index (χ4n) is 1.50. The lowest BCUT2D eigenvalue weighted by Gasteiger charge is -2.27. The van der Waals surface area contributed by atoms with Crippen molar-refractivity contribution in [2.24, 2.45) is 0 Å². The van der Waals surface area contributed by atoms with E-state index in [1.165, 1.54) is 4.90 Å². The van der Waals surface area contributed by atoms with Gasteiger partial charge in [-0.15, -0.1) is 0 Å². The number of rotatable bonds is 0. The fraction of sp³-hybridized carbons (Fsp3) is 0.909. The first kappa shape index (κ1) is 13.3. The topological polar surface area (TPSA) is 59.0 Å². The summed E-state index contributed by atoms with van der Waals surface area (Å²) in [4.78, 5) is 13.3. The van der Waals surface area contributed by atoms with Crippen LogP contribution in [0, 0.1) is 0 Å². The Morgan fingerprint density at radius 1 is 1.44 bits per heavy atom. The lowest BCUT2D eigenvalue weighted by atomic mass is 10.2. The summed E-state index contributed by atoms with van der Waals surface area (Å²) in [5, 5.41) is 9.55. The zero-order chi connectivity index (χ0) is 12.3. The van der Waals surface area contributed by atoms with Crippen LogP contribution in [0.4, 0.5) is 4.79 Å². The van der Waals surface area contributed by atoms with Gasteiger partial charge in [-0.25, -0.2) is 4.79 Å². The number of amides is 1. The second kappa shape index (κ2) is 5.01. The van der Waals surface area contributed by atoms with Crippen LogP contribution in [0.2, 0.25) is 0 Å². The molecule has 1 heterocycles. The van der Waals surface area contributed by atoms with E-state index in [1.807, 2.05) is 27.7 Å². The number of hydrogen-bond acceptors (Lipinski definition) is 4. The third-order valence-electron chi connectivity index (χ3n) is 2.13. The summed E-state index contributed by atoms with van der Waals surface area (Å²) in [5.74, 6) is 0. The van der Waals surface area contributed by atoms with Crippen molar-refractivity contribution >= 4 is 6.09 Å². The molecular formula is C11H21NO4. The monoisotopic (exact) mass is 231 g/mol. The molecule has 1 saturated heterocycles. The van der Waals surface area contributed by atoms with Crippen LogP contribution in [0.5, 0.6) is 0 Å². The van der Waals surface area contributed by atoms with Gasteiger partial charge in [0.05, 0.1) is 31.9 Å². The molecule has 0 radical (unpaired) electrons. The largest absolute Gasteiger partial charge is 0.444 e. The average molecular weight is 231 g/mol. The standard InChI is InChI=1S/C11H21NO4/c1-8-5-12(6-9(13)7-15-8)10(14)16-11(2,3)4/h8-9,13H,5-7H2,1-4H3/t8-,9-/m1/s1. The zero-order valence-corrected chi connectivity index (χ0v) is 10.4. The van der Waals surface area contributed by atoms with Crippen molar-refractivity contribution in [1.29, 1.82) is 0 Å². The third kappa shape index (κ3) is 4.37. The van der Waals surface area contributed by atoms with E-state index in [0.29, 0.717) is 6.54 Å². The second-order valence-electron chi connectivity index (χ2n) is 5.18. The highest BCUT2D eigenvalue weighted by Gasteiger charge is 2.28. The van der Waals surface area contributed by atoms with E-state index in [2.05, 4.69) is 0 Å². The Labute approximate surface area is 96.3 Å². The highest BCUT2D eigenvalue weighted by molar-refractivity contribution is 5.68. The van der Waals surface area contributed by atoms with Crippen LogP contribution in [0.25, 0.3) is 0 Å². The SMILES string of the molecule is C[C@@H]1CN(C(=O)OC(C)(C)C)C[C@@H](O)CO1. The van der Waals surface area contributed by atoms with Crippen LogP contribution in [0.15, 0.2) is 0 Å². The molecule has 0 spiro atoms. The van der Waals surface area contributed by atoms with Gasteiger partial charge < -0.3 is 19.5 Å². The molecule has 5 nitrogen and oxygen atoms in total. The van der Waals surface area contributed by atoms with E-state index in [-0.39, 0.29) is 19.3 Å². The summed E-state index contributed by atoms with van der Waals surface area (Å²) in [6.07, 6.45) is -1.12. The number of carbonyl (C=O) groups excluding carboxylic acids is 1. The van der Waals surface area contributed by atoms with Gasteiger partial charge in [-0.2, -0.15) is 0 Å². The van der Waals surface area contributed by atoms with Gasteiger partial charge in [0.2, 0.25) is 0 Å². The van der Waals surface area contributed by atoms with Crippen molar-refractivity contribution in [1.82, 2.24) is 4.90 Å². The summed E-state index contributed by atoms with van der Waals surface area (Å²) < 4.78 is 10.6. The predicted molar refractivity (Wildman–Crippen MR) is 59.2 cm³/mol. The third-order valence-corrected chi connectivity index (χ3v) is 2.13. The summed E-state index contributed by atoms with van der Waals surface area (Å²) in [7, 11) is 0. The van der Waals surface area contributed by atoms with E-state index in [9.17, 15) is 9.90 Å². The minimum atomic E-state index is -0.641. The molecule has 1 aliphatic rings. The molecule has 5 heteroatoms. The molecule has 2 atom stereocenters. The second-order valence-corrected chi connectivity index (χ2v) is 5.18. The van der Waals surface area contributed by atoms with E-state index in [0.717, 1.165) is 0 Å². The van der Waals surface area contributed by atoms with Gasteiger partial charge in [-0.1, -0.05) is 0 Å².